The van der Waals surface area contributed by atoms with E-state index in [0.717, 1.165) is 30.3 Å². The van der Waals surface area contributed by atoms with Crippen molar-refractivity contribution in [2.45, 2.75) is 0 Å². The maximum Gasteiger partial charge on any atom is 0.291 e. The van der Waals surface area contributed by atoms with Crippen LogP contribution in [0.15, 0.2) is 65.3 Å². The van der Waals surface area contributed by atoms with E-state index in [0.29, 0.717) is 33.7 Å². The van der Waals surface area contributed by atoms with Gasteiger partial charge in [0.25, 0.3) is 5.91 Å². The monoisotopic (exact) mass is 529 g/mol. The summed E-state index contributed by atoms with van der Waals surface area (Å²) in [6.07, 6.45) is 1.45. The zero-order valence-corrected chi connectivity index (χ0v) is 21.1. The summed E-state index contributed by atoms with van der Waals surface area (Å²) in [6.45, 7) is 2.19. The number of carbonyl (C=O) groups excluding carboxylic acids is 2. The van der Waals surface area contributed by atoms with E-state index in [-0.39, 0.29) is 17.6 Å². The molecular formula is C24H24ClN5O3S2. The van der Waals surface area contributed by atoms with Crippen molar-refractivity contribution < 1.29 is 14.0 Å². The van der Waals surface area contributed by atoms with Crippen molar-refractivity contribution in [1.29, 1.82) is 0 Å². The summed E-state index contributed by atoms with van der Waals surface area (Å²) in [7, 11) is 0. The third-order valence-corrected chi connectivity index (χ3v) is 6.58. The quantitative estimate of drug-likeness (QED) is 0.318. The second-order valence-electron chi connectivity index (χ2n) is 7.72. The summed E-state index contributed by atoms with van der Waals surface area (Å²) in [5.74, 6) is 1.93. The minimum absolute atomic E-state index is 0.0829. The lowest BCUT2D eigenvalue weighted by atomic mass is 10.2. The van der Waals surface area contributed by atoms with Gasteiger partial charge in [-0.2, -0.15) is 11.8 Å². The summed E-state index contributed by atoms with van der Waals surface area (Å²) in [5, 5.41) is 12.6. The molecule has 1 aliphatic rings. The highest BCUT2D eigenvalue weighted by molar-refractivity contribution is 7.99. The van der Waals surface area contributed by atoms with Gasteiger partial charge in [-0.1, -0.05) is 11.6 Å². The lowest BCUT2D eigenvalue weighted by Gasteiger charge is -2.25. The first-order valence-corrected chi connectivity index (χ1v) is 12.8. The zero-order valence-electron chi connectivity index (χ0n) is 18.7. The van der Waals surface area contributed by atoms with Gasteiger partial charge >= 0.3 is 0 Å². The van der Waals surface area contributed by atoms with Gasteiger partial charge in [0.15, 0.2) is 10.9 Å². The van der Waals surface area contributed by atoms with Crippen LogP contribution >= 0.6 is 35.6 Å². The molecule has 1 saturated heterocycles. The molecule has 3 aromatic rings. The molecule has 11 heteroatoms. The zero-order chi connectivity index (χ0) is 24.6. The molecule has 0 spiro atoms. The Hall–Kier alpha value is -3.05. The number of nitrogens with zero attached hydrogens (tertiary/aromatic N) is 1. The molecule has 8 nitrogen and oxygen atoms in total. The second-order valence-corrected chi connectivity index (χ2v) is 9.76. The summed E-state index contributed by atoms with van der Waals surface area (Å²) >= 11 is 13.7. The number of hydrogen-bond acceptors (Lipinski definition) is 6. The van der Waals surface area contributed by atoms with Crippen LogP contribution in [0.4, 0.5) is 22.7 Å². The number of amides is 2. The van der Waals surface area contributed by atoms with Crippen molar-refractivity contribution in [2.24, 2.45) is 0 Å². The number of carbonyl (C=O) groups is 2. The SMILES string of the molecule is O=C(CN1CCSCC1)Nc1ccc(NC(=S)Nc2ccc(NC(=O)c3ccco3)cc2)cc1Cl. The van der Waals surface area contributed by atoms with Gasteiger partial charge in [0, 0.05) is 41.7 Å². The van der Waals surface area contributed by atoms with Gasteiger partial charge in [0.2, 0.25) is 5.91 Å². The number of thiocarbonyl (C=S) groups is 1. The Morgan fingerprint density at radius 3 is 2.26 bits per heavy atom. The average Bonchev–Trinajstić information content (AvgIpc) is 3.38. The van der Waals surface area contributed by atoms with E-state index < -0.39 is 0 Å². The molecule has 0 atom stereocenters. The minimum atomic E-state index is -0.324. The molecule has 4 N–H and O–H groups in total. The van der Waals surface area contributed by atoms with Crippen molar-refractivity contribution in [1.82, 2.24) is 4.90 Å². The first-order valence-electron chi connectivity index (χ1n) is 10.9. The summed E-state index contributed by atoms with van der Waals surface area (Å²) in [5.41, 5.74) is 2.60. The second kappa shape index (κ2) is 12.1. The first-order chi connectivity index (χ1) is 17.0. The van der Waals surface area contributed by atoms with Crippen LogP contribution in [0.3, 0.4) is 0 Å². The van der Waals surface area contributed by atoms with Gasteiger partial charge in [-0.05, 0) is 66.8 Å². The average molecular weight is 530 g/mol. The molecule has 0 bridgehead atoms. The van der Waals surface area contributed by atoms with E-state index in [2.05, 4.69) is 26.2 Å². The smallest absolute Gasteiger partial charge is 0.291 e. The molecule has 1 fully saturated rings. The molecule has 1 aromatic heterocycles. The largest absolute Gasteiger partial charge is 0.459 e. The molecule has 182 valence electrons. The van der Waals surface area contributed by atoms with Crippen LogP contribution in [0.25, 0.3) is 0 Å². The maximum atomic E-state index is 12.3. The molecule has 35 heavy (non-hydrogen) atoms. The van der Waals surface area contributed by atoms with Crippen LogP contribution in [0.1, 0.15) is 10.6 Å². The van der Waals surface area contributed by atoms with Crippen LogP contribution in [0.2, 0.25) is 5.02 Å². The summed E-state index contributed by atoms with van der Waals surface area (Å²) in [4.78, 5) is 26.5. The number of hydrogen-bond donors (Lipinski definition) is 4. The van der Waals surface area contributed by atoms with Crippen LogP contribution in [-0.2, 0) is 4.79 Å². The number of thioether (sulfide) groups is 1. The van der Waals surface area contributed by atoms with Crippen LogP contribution in [0.5, 0.6) is 0 Å². The van der Waals surface area contributed by atoms with Crippen molar-refractivity contribution in [3.8, 4) is 0 Å². The fourth-order valence-electron chi connectivity index (χ4n) is 3.38. The van der Waals surface area contributed by atoms with Crippen LogP contribution in [-0.4, -0.2) is 53.0 Å². The Morgan fingerprint density at radius 2 is 1.60 bits per heavy atom. The Bertz CT molecular complexity index is 1180. The Kier molecular flexibility index (Phi) is 8.64. The topological polar surface area (TPSA) is 98.6 Å². The number of benzene rings is 2. The standard InChI is InChI=1S/C24H24ClN5O3S2/c25-19-14-18(7-8-20(19)29-22(31)15-30-9-12-35-13-10-30)28-24(34)27-17-5-3-16(4-6-17)26-23(32)21-2-1-11-33-21/h1-8,11,14H,9-10,12-13,15H2,(H,26,32)(H,29,31)(H2,27,28,34). The molecule has 0 aliphatic carbocycles. The molecule has 2 aromatic carbocycles. The van der Waals surface area contributed by atoms with E-state index in [4.69, 9.17) is 28.2 Å². The van der Waals surface area contributed by atoms with E-state index in [1.54, 1.807) is 54.6 Å². The lowest BCUT2D eigenvalue weighted by Crippen LogP contribution is -2.38. The highest BCUT2D eigenvalue weighted by atomic mass is 35.5. The number of nitrogens with one attached hydrogen (secondary N) is 4. The Balaban J connectivity index is 1.26. The summed E-state index contributed by atoms with van der Waals surface area (Å²) < 4.78 is 5.08. The number of anilines is 4. The summed E-state index contributed by atoms with van der Waals surface area (Å²) in [6, 6.07) is 15.6. The predicted molar refractivity (Wildman–Crippen MR) is 147 cm³/mol. The highest BCUT2D eigenvalue weighted by Gasteiger charge is 2.15. The number of halogens is 1. The molecule has 0 unspecified atom stereocenters. The lowest BCUT2D eigenvalue weighted by molar-refractivity contribution is -0.117. The predicted octanol–water partition coefficient (Wildman–Crippen LogP) is 4.98. The highest BCUT2D eigenvalue weighted by Crippen LogP contribution is 2.26. The van der Waals surface area contributed by atoms with Gasteiger partial charge in [-0.25, -0.2) is 0 Å². The Morgan fingerprint density at radius 1 is 0.943 bits per heavy atom. The molecule has 2 heterocycles. The van der Waals surface area contributed by atoms with E-state index >= 15 is 0 Å². The normalized spacial score (nSPS) is 13.6. The van der Waals surface area contributed by atoms with Crippen molar-refractivity contribution in [3.63, 3.8) is 0 Å². The first kappa shape index (κ1) is 25.1. The van der Waals surface area contributed by atoms with E-state index in [9.17, 15) is 9.59 Å². The Labute approximate surface area is 217 Å². The number of rotatable bonds is 7. The van der Waals surface area contributed by atoms with Gasteiger partial charge in [0.1, 0.15) is 0 Å². The molecule has 2 amide bonds. The van der Waals surface area contributed by atoms with E-state index in [1.165, 1.54) is 6.26 Å². The fraction of sp³-hybridized carbons (Fsp3) is 0.208. The molecule has 0 radical (unpaired) electrons. The van der Waals surface area contributed by atoms with Gasteiger partial charge in [-0.15, -0.1) is 0 Å². The van der Waals surface area contributed by atoms with Crippen molar-refractivity contribution in [3.05, 3.63) is 71.6 Å². The van der Waals surface area contributed by atoms with Crippen LogP contribution in [0, 0.1) is 0 Å². The maximum absolute atomic E-state index is 12.3. The molecule has 1 aliphatic heterocycles. The molecular weight excluding hydrogens is 506 g/mol. The van der Waals surface area contributed by atoms with Crippen molar-refractivity contribution >= 4 is 75.3 Å². The molecule has 0 saturated carbocycles. The third kappa shape index (κ3) is 7.46. The van der Waals surface area contributed by atoms with E-state index in [1.807, 2.05) is 11.8 Å². The fourth-order valence-corrected chi connectivity index (χ4v) is 4.82. The van der Waals surface area contributed by atoms with Gasteiger partial charge in [-0.3, -0.25) is 14.5 Å². The van der Waals surface area contributed by atoms with Crippen molar-refractivity contribution in [2.75, 3.05) is 52.4 Å². The van der Waals surface area contributed by atoms with Gasteiger partial charge in [0.05, 0.1) is 23.5 Å². The number of furan rings is 1. The third-order valence-electron chi connectivity index (χ3n) is 5.12. The minimum Gasteiger partial charge on any atom is -0.459 e. The van der Waals surface area contributed by atoms with Gasteiger partial charge < -0.3 is 25.7 Å². The van der Waals surface area contributed by atoms with Crippen LogP contribution < -0.4 is 21.3 Å². The molecule has 4 rings (SSSR count).